The van der Waals surface area contributed by atoms with Crippen molar-refractivity contribution in [1.82, 2.24) is 14.8 Å². The van der Waals surface area contributed by atoms with Crippen molar-refractivity contribution in [2.75, 3.05) is 31.5 Å². The van der Waals surface area contributed by atoms with E-state index >= 15 is 0 Å². The van der Waals surface area contributed by atoms with Gasteiger partial charge < -0.3 is 15.1 Å². The third-order valence-corrected chi connectivity index (χ3v) is 6.39. The van der Waals surface area contributed by atoms with Crippen LogP contribution in [0.15, 0.2) is 66.7 Å². The lowest BCUT2D eigenvalue weighted by Gasteiger charge is -2.35. The molecule has 2 aromatic carbocycles. The molecule has 1 fully saturated rings. The van der Waals surface area contributed by atoms with Gasteiger partial charge in [-0.3, -0.25) is 14.4 Å². The maximum Gasteiger partial charge on any atom is 0.416 e. The average Bonchev–Trinajstić information content (AvgIpc) is 2.91. The lowest BCUT2D eigenvalue weighted by molar-refractivity contribution is -0.137. The summed E-state index contributed by atoms with van der Waals surface area (Å²) >= 11 is 0. The van der Waals surface area contributed by atoms with E-state index in [4.69, 9.17) is 0 Å². The Morgan fingerprint density at radius 1 is 0.769 bits per heavy atom. The monoisotopic (exact) mass is 538 g/mol. The number of carbonyl (C=O) groups excluding carboxylic acids is 3. The summed E-state index contributed by atoms with van der Waals surface area (Å²) in [6.45, 7) is 6.42. The molecule has 39 heavy (non-hydrogen) atoms. The summed E-state index contributed by atoms with van der Waals surface area (Å²) in [6.07, 6.45) is -4.53. The first-order valence-corrected chi connectivity index (χ1v) is 12.5. The zero-order valence-electron chi connectivity index (χ0n) is 21.9. The molecule has 1 saturated heterocycles. The van der Waals surface area contributed by atoms with E-state index in [2.05, 4.69) is 10.3 Å². The number of halogens is 3. The van der Waals surface area contributed by atoms with Gasteiger partial charge in [-0.1, -0.05) is 45.0 Å². The maximum atomic E-state index is 13.1. The van der Waals surface area contributed by atoms with Crippen molar-refractivity contribution < 1.29 is 27.6 Å². The molecular weight excluding hydrogens is 509 g/mol. The standard InChI is InChI=1S/C29H29F3N4O3/c1-28(2,3)27(39)34-24-9-5-8-23(33-24)19-10-12-20(13-11-19)25(37)35-14-16-36(17-15-35)26(38)21-6-4-7-22(18-21)29(30,31)32/h4-13,18H,14-17H2,1-3H3,(H,33,34,39). The Morgan fingerprint density at radius 2 is 1.33 bits per heavy atom. The van der Waals surface area contributed by atoms with E-state index in [1.54, 1.807) is 41.3 Å². The van der Waals surface area contributed by atoms with Gasteiger partial charge in [0.15, 0.2) is 0 Å². The van der Waals surface area contributed by atoms with Crippen LogP contribution in [0.3, 0.4) is 0 Å². The highest BCUT2D eigenvalue weighted by Gasteiger charge is 2.32. The van der Waals surface area contributed by atoms with Crippen molar-refractivity contribution in [2.45, 2.75) is 26.9 Å². The van der Waals surface area contributed by atoms with Crippen LogP contribution in [0.2, 0.25) is 0 Å². The Kier molecular flexibility index (Phi) is 7.76. The summed E-state index contributed by atoms with van der Waals surface area (Å²) < 4.78 is 39.0. The molecule has 0 unspecified atom stereocenters. The molecule has 1 aliphatic heterocycles. The highest BCUT2D eigenvalue weighted by Crippen LogP contribution is 2.30. The lowest BCUT2D eigenvalue weighted by atomic mass is 9.96. The lowest BCUT2D eigenvalue weighted by Crippen LogP contribution is -2.50. The van der Waals surface area contributed by atoms with Gasteiger partial charge in [0, 0.05) is 48.3 Å². The molecule has 0 bridgehead atoms. The first-order valence-electron chi connectivity index (χ1n) is 12.5. The smallest absolute Gasteiger partial charge is 0.335 e. The molecule has 3 aromatic rings. The quantitative estimate of drug-likeness (QED) is 0.486. The predicted molar refractivity (Wildman–Crippen MR) is 141 cm³/mol. The molecule has 1 N–H and O–H groups in total. The molecular formula is C29H29F3N4O3. The number of benzene rings is 2. The summed E-state index contributed by atoms with van der Waals surface area (Å²) in [6, 6.07) is 16.6. The van der Waals surface area contributed by atoms with E-state index in [0.29, 0.717) is 17.1 Å². The minimum Gasteiger partial charge on any atom is -0.335 e. The number of anilines is 1. The van der Waals surface area contributed by atoms with E-state index < -0.39 is 23.1 Å². The number of piperazine rings is 1. The van der Waals surface area contributed by atoms with Gasteiger partial charge in [-0.2, -0.15) is 13.2 Å². The molecule has 10 heteroatoms. The van der Waals surface area contributed by atoms with Crippen molar-refractivity contribution in [3.8, 4) is 11.3 Å². The van der Waals surface area contributed by atoms with Crippen LogP contribution >= 0.6 is 0 Å². The Morgan fingerprint density at radius 3 is 1.90 bits per heavy atom. The van der Waals surface area contributed by atoms with Crippen LogP contribution in [-0.2, 0) is 11.0 Å². The number of aromatic nitrogens is 1. The van der Waals surface area contributed by atoms with E-state index in [0.717, 1.165) is 17.7 Å². The van der Waals surface area contributed by atoms with Gasteiger partial charge in [0.1, 0.15) is 5.82 Å². The summed E-state index contributed by atoms with van der Waals surface area (Å²) in [5, 5.41) is 2.81. The fourth-order valence-electron chi connectivity index (χ4n) is 4.06. The molecule has 0 radical (unpaired) electrons. The summed E-state index contributed by atoms with van der Waals surface area (Å²) in [5.41, 5.74) is 0.417. The van der Waals surface area contributed by atoms with Crippen LogP contribution in [0.25, 0.3) is 11.3 Å². The van der Waals surface area contributed by atoms with Crippen LogP contribution in [-0.4, -0.2) is 58.7 Å². The topological polar surface area (TPSA) is 82.6 Å². The van der Waals surface area contributed by atoms with Gasteiger partial charge >= 0.3 is 6.18 Å². The molecule has 1 aromatic heterocycles. The van der Waals surface area contributed by atoms with E-state index in [9.17, 15) is 27.6 Å². The number of rotatable bonds is 4. The van der Waals surface area contributed by atoms with Crippen molar-refractivity contribution in [3.05, 3.63) is 83.4 Å². The van der Waals surface area contributed by atoms with E-state index in [1.807, 2.05) is 26.8 Å². The highest BCUT2D eigenvalue weighted by atomic mass is 19.4. The molecule has 204 valence electrons. The third kappa shape index (κ3) is 6.63. The summed E-state index contributed by atoms with van der Waals surface area (Å²) in [4.78, 5) is 45.7. The molecule has 7 nitrogen and oxygen atoms in total. The Bertz CT molecular complexity index is 1370. The number of carbonyl (C=O) groups is 3. The van der Waals surface area contributed by atoms with Crippen molar-refractivity contribution in [3.63, 3.8) is 0 Å². The predicted octanol–water partition coefficient (Wildman–Crippen LogP) is 5.35. The van der Waals surface area contributed by atoms with Crippen molar-refractivity contribution in [2.24, 2.45) is 5.41 Å². The molecule has 4 rings (SSSR count). The second-order valence-corrected chi connectivity index (χ2v) is 10.4. The molecule has 0 spiro atoms. The van der Waals surface area contributed by atoms with Gasteiger partial charge in [0.25, 0.3) is 11.8 Å². The van der Waals surface area contributed by atoms with Crippen LogP contribution in [0.1, 0.15) is 47.1 Å². The van der Waals surface area contributed by atoms with Gasteiger partial charge in [-0.25, -0.2) is 4.98 Å². The fourth-order valence-corrected chi connectivity index (χ4v) is 4.06. The highest BCUT2D eigenvalue weighted by molar-refractivity contribution is 5.96. The fraction of sp³-hybridized carbons (Fsp3) is 0.310. The van der Waals surface area contributed by atoms with Gasteiger partial charge in [0.2, 0.25) is 5.91 Å². The van der Waals surface area contributed by atoms with E-state index in [-0.39, 0.29) is 43.6 Å². The average molecular weight is 539 g/mol. The first-order chi connectivity index (χ1) is 18.3. The second kappa shape index (κ2) is 10.9. The molecule has 2 heterocycles. The largest absolute Gasteiger partial charge is 0.416 e. The van der Waals surface area contributed by atoms with Gasteiger partial charge in [-0.05, 0) is 42.5 Å². The van der Waals surface area contributed by atoms with Crippen LogP contribution < -0.4 is 5.32 Å². The second-order valence-electron chi connectivity index (χ2n) is 10.4. The Labute approximate surface area is 224 Å². The maximum absolute atomic E-state index is 13.1. The molecule has 0 saturated carbocycles. The molecule has 0 atom stereocenters. The zero-order valence-corrected chi connectivity index (χ0v) is 21.9. The number of pyridine rings is 1. The SMILES string of the molecule is CC(C)(C)C(=O)Nc1cccc(-c2ccc(C(=O)N3CCN(C(=O)c4cccc(C(F)(F)F)c4)CC3)cc2)n1. The van der Waals surface area contributed by atoms with Crippen LogP contribution in [0.4, 0.5) is 19.0 Å². The van der Waals surface area contributed by atoms with Crippen molar-refractivity contribution in [1.29, 1.82) is 0 Å². The van der Waals surface area contributed by atoms with Crippen molar-refractivity contribution >= 4 is 23.5 Å². The van der Waals surface area contributed by atoms with Crippen LogP contribution in [0, 0.1) is 5.41 Å². The minimum absolute atomic E-state index is 0.0316. The molecule has 0 aliphatic carbocycles. The van der Waals surface area contributed by atoms with Gasteiger partial charge in [0.05, 0.1) is 11.3 Å². The third-order valence-electron chi connectivity index (χ3n) is 6.39. The summed E-state index contributed by atoms with van der Waals surface area (Å²) in [7, 11) is 0. The van der Waals surface area contributed by atoms with Gasteiger partial charge in [-0.15, -0.1) is 0 Å². The normalized spacial score (nSPS) is 14.2. The number of nitrogens with one attached hydrogen (secondary N) is 1. The minimum atomic E-state index is -4.53. The Hall–Kier alpha value is -4.21. The number of alkyl halides is 3. The summed E-state index contributed by atoms with van der Waals surface area (Å²) in [5.74, 6) is -0.410. The Balaban J connectivity index is 1.37. The zero-order chi connectivity index (χ0) is 28.4. The van der Waals surface area contributed by atoms with Crippen LogP contribution in [0.5, 0.6) is 0 Å². The number of hydrogen-bond acceptors (Lipinski definition) is 4. The molecule has 1 aliphatic rings. The number of nitrogens with zero attached hydrogens (tertiary/aromatic N) is 3. The number of amides is 3. The first kappa shape index (κ1) is 27.8. The van der Waals surface area contributed by atoms with E-state index in [1.165, 1.54) is 17.0 Å². The number of hydrogen-bond donors (Lipinski definition) is 1. The molecule has 3 amide bonds.